The second kappa shape index (κ2) is 8.00. The van der Waals surface area contributed by atoms with Crippen molar-refractivity contribution < 1.29 is 14.3 Å². The predicted molar refractivity (Wildman–Crippen MR) is 114 cm³/mol. The van der Waals surface area contributed by atoms with E-state index in [-0.39, 0.29) is 11.7 Å². The van der Waals surface area contributed by atoms with Gasteiger partial charge in [0.2, 0.25) is 5.91 Å². The number of carbonyl (C=O) groups excluding carboxylic acids is 1. The summed E-state index contributed by atoms with van der Waals surface area (Å²) < 4.78 is 12.5. The molecule has 2 aromatic heterocycles. The normalized spacial score (nSPS) is 11.0. The van der Waals surface area contributed by atoms with Crippen LogP contribution in [0.2, 0.25) is 0 Å². The molecule has 0 radical (unpaired) electrons. The molecule has 4 aromatic rings. The summed E-state index contributed by atoms with van der Waals surface area (Å²) in [7, 11) is 3.13. The highest BCUT2D eigenvalue weighted by Crippen LogP contribution is 2.30. The highest BCUT2D eigenvalue weighted by Gasteiger charge is 2.15. The molecule has 29 heavy (non-hydrogen) atoms. The molecule has 7 nitrogen and oxygen atoms in total. The summed E-state index contributed by atoms with van der Waals surface area (Å²) in [5.41, 5.74) is 3.43. The molecule has 0 bridgehead atoms. The van der Waals surface area contributed by atoms with Gasteiger partial charge in [0, 0.05) is 6.07 Å². The SMILES string of the molecule is COc1ccc(NC(=O)CSc2nnc3c(C)cc4ccccc4n23)c(OC)c1. The quantitative estimate of drug-likeness (QED) is 0.487. The summed E-state index contributed by atoms with van der Waals surface area (Å²) in [6.07, 6.45) is 0. The zero-order valence-electron chi connectivity index (χ0n) is 16.3. The number of hydrogen-bond acceptors (Lipinski definition) is 6. The van der Waals surface area contributed by atoms with Crippen molar-refractivity contribution in [1.29, 1.82) is 0 Å². The average molecular weight is 408 g/mol. The van der Waals surface area contributed by atoms with Crippen molar-refractivity contribution in [2.24, 2.45) is 0 Å². The fourth-order valence-electron chi connectivity index (χ4n) is 3.17. The first kappa shape index (κ1) is 19.1. The molecule has 2 heterocycles. The number of nitrogens with one attached hydrogen (secondary N) is 1. The minimum atomic E-state index is -0.160. The summed E-state index contributed by atoms with van der Waals surface area (Å²) in [6.45, 7) is 2.01. The number of carbonyl (C=O) groups is 1. The van der Waals surface area contributed by atoms with E-state index in [4.69, 9.17) is 9.47 Å². The number of methoxy groups -OCH3 is 2. The molecule has 0 saturated heterocycles. The van der Waals surface area contributed by atoms with Crippen LogP contribution < -0.4 is 14.8 Å². The van der Waals surface area contributed by atoms with Gasteiger partial charge in [-0.15, -0.1) is 10.2 Å². The number of aromatic nitrogens is 3. The average Bonchev–Trinajstić information content (AvgIpc) is 3.17. The maximum Gasteiger partial charge on any atom is 0.234 e. The highest BCUT2D eigenvalue weighted by atomic mass is 32.2. The highest BCUT2D eigenvalue weighted by molar-refractivity contribution is 7.99. The van der Waals surface area contributed by atoms with Crippen LogP contribution in [-0.4, -0.2) is 40.5 Å². The number of ether oxygens (including phenoxy) is 2. The molecular formula is C21H20N4O3S. The first-order chi connectivity index (χ1) is 14.1. The van der Waals surface area contributed by atoms with E-state index in [1.165, 1.54) is 11.8 Å². The van der Waals surface area contributed by atoms with Crippen molar-refractivity contribution in [3.63, 3.8) is 0 Å². The second-order valence-corrected chi connectivity index (χ2v) is 7.37. The van der Waals surface area contributed by atoms with Crippen LogP contribution in [0.15, 0.2) is 53.7 Å². The van der Waals surface area contributed by atoms with E-state index < -0.39 is 0 Å². The molecule has 0 spiro atoms. The van der Waals surface area contributed by atoms with Crippen LogP contribution in [0.3, 0.4) is 0 Å². The molecule has 0 aliphatic rings. The Labute approximate surface area is 172 Å². The van der Waals surface area contributed by atoms with E-state index in [9.17, 15) is 4.79 Å². The Bertz CT molecular complexity index is 1210. The molecule has 0 aliphatic heterocycles. The maximum absolute atomic E-state index is 12.5. The number of thioether (sulfide) groups is 1. The van der Waals surface area contributed by atoms with Crippen LogP contribution in [-0.2, 0) is 4.79 Å². The summed E-state index contributed by atoms with van der Waals surface area (Å²) in [5.74, 6) is 1.23. The number of fused-ring (bicyclic) bond motifs is 3. The third-order valence-electron chi connectivity index (χ3n) is 4.55. The van der Waals surface area contributed by atoms with Crippen molar-refractivity contribution >= 4 is 39.9 Å². The Morgan fingerprint density at radius 3 is 2.72 bits per heavy atom. The number of hydrogen-bond donors (Lipinski definition) is 1. The Kier molecular flexibility index (Phi) is 5.26. The van der Waals surface area contributed by atoms with E-state index in [0.29, 0.717) is 22.3 Å². The number of aryl methyl sites for hydroxylation is 1. The van der Waals surface area contributed by atoms with Gasteiger partial charge < -0.3 is 14.8 Å². The Balaban J connectivity index is 1.55. The van der Waals surface area contributed by atoms with Gasteiger partial charge in [0.15, 0.2) is 10.8 Å². The Morgan fingerprint density at radius 2 is 1.93 bits per heavy atom. The number of rotatable bonds is 6. The van der Waals surface area contributed by atoms with E-state index in [0.717, 1.165) is 22.1 Å². The van der Waals surface area contributed by atoms with Crippen molar-refractivity contribution in [3.8, 4) is 11.5 Å². The van der Waals surface area contributed by atoms with Gasteiger partial charge in [-0.25, -0.2) is 0 Å². The number of para-hydroxylation sites is 1. The first-order valence-electron chi connectivity index (χ1n) is 8.99. The van der Waals surface area contributed by atoms with Gasteiger partial charge in [0.25, 0.3) is 0 Å². The van der Waals surface area contributed by atoms with Gasteiger partial charge in [-0.05, 0) is 42.1 Å². The molecule has 1 amide bonds. The monoisotopic (exact) mass is 408 g/mol. The molecule has 0 saturated carbocycles. The molecule has 0 fully saturated rings. The summed E-state index contributed by atoms with van der Waals surface area (Å²) in [4.78, 5) is 12.5. The summed E-state index contributed by atoms with van der Waals surface area (Å²) >= 11 is 1.34. The van der Waals surface area contributed by atoms with Crippen LogP contribution >= 0.6 is 11.8 Å². The Hall–Kier alpha value is -3.26. The smallest absolute Gasteiger partial charge is 0.234 e. The zero-order valence-corrected chi connectivity index (χ0v) is 17.1. The lowest BCUT2D eigenvalue weighted by atomic mass is 10.1. The minimum absolute atomic E-state index is 0.160. The number of benzene rings is 2. The van der Waals surface area contributed by atoms with Crippen molar-refractivity contribution in [2.75, 3.05) is 25.3 Å². The van der Waals surface area contributed by atoms with Crippen LogP contribution in [0, 0.1) is 6.92 Å². The molecule has 148 valence electrons. The lowest BCUT2D eigenvalue weighted by Gasteiger charge is -2.11. The van der Waals surface area contributed by atoms with Gasteiger partial charge in [0.05, 0.1) is 31.2 Å². The van der Waals surface area contributed by atoms with Crippen molar-refractivity contribution in [3.05, 3.63) is 54.1 Å². The van der Waals surface area contributed by atoms with Gasteiger partial charge >= 0.3 is 0 Å². The Morgan fingerprint density at radius 1 is 1.10 bits per heavy atom. The molecule has 0 aliphatic carbocycles. The molecule has 0 unspecified atom stereocenters. The number of pyridine rings is 1. The van der Waals surface area contributed by atoms with E-state index in [1.807, 2.05) is 29.5 Å². The van der Waals surface area contributed by atoms with Crippen molar-refractivity contribution in [2.45, 2.75) is 12.1 Å². The van der Waals surface area contributed by atoms with Crippen LogP contribution in [0.25, 0.3) is 16.6 Å². The minimum Gasteiger partial charge on any atom is -0.497 e. The topological polar surface area (TPSA) is 77.8 Å². The van der Waals surface area contributed by atoms with Gasteiger partial charge in [-0.2, -0.15) is 0 Å². The number of nitrogens with zero attached hydrogens (tertiary/aromatic N) is 3. The van der Waals surface area contributed by atoms with Crippen LogP contribution in [0.5, 0.6) is 11.5 Å². The lowest BCUT2D eigenvalue weighted by molar-refractivity contribution is -0.113. The van der Waals surface area contributed by atoms with Gasteiger partial charge in [0.1, 0.15) is 11.5 Å². The third-order valence-corrected chi connectivity index (χ3v) is 5.48. The molecule has 4 rings (SSSR count). The van der Waals surface area contributed by atoms with Crippen LogP contribution in [0.4, 0.5) is 5.69 Å². The largest absolute Gasteiger partial charge is 0.497 e. The third kappa shape index (κ3) is 3.71. The van der Waals surface area contributed by atoms with Crippen molar-refractivity contribution in [1.82, 2.24) is 14.6 Å². The number of amides is 1. The molecular weight excluding hydrogens is 388 g/mol. The van der Waals surface area contributed by atoms with E-state index >= 15 is 0 Å². The van der Waals surface area contributed by atoms with Crippen LogP contribution in [0.1, 0.15) is 5.56 Å². The first-order valence-corrected chi connectivity index (χ1v) is 9.97. The maximum atomic E-state index is 12.5. The predicted octanol–water partition coefficient (Wildman–Crippen LogP) is 3.94. The molecule has 8 heteroatoms. The molecule has 1 N–H and O–H groups in total. The van der Waals surface area contributed by atoms with E-state index in [1.54, 1.807) is 32.4 Å². The second-order valence-electron chi connectivity index (χ2n) is 6.43. The van der Waals surface area contributed by atoms with Gasteiger partial charge in [-0.1, -0.05) is 30.0 Å². The fraction of sp³-hybridized carbons (Fsp3) is 0.190. The summed E-state index contributed by atoms with van der Waals surface area (Å²) in [5, 5.41) is 13.3. The summed E-state index contributed by atoms with van der Waals surface area (Å²) in [6, 6.07) is 15.4. The number of anilines is 1. The molecule has 2 aromatic carbocycles. The molecule has 0 atom stereocenters. The fourth-order valence-corrected chi connectivity index (χ4v) is 3.91. The van der Waals surface area contributed by atoms with E-state index in [2.05, 4.69) is 27.6 Å². The standard InChI is InChI=1S/C21H20N4O3S/c1-13-10-14-6-4-5-7-17(14)25-20(13)23-24-21(25)29-12-19(26)22-16-9-8-15(27-2)11-18(16)28-3/h4-11H,12H2,1-3H3,(H,22,26). The van der Waals surface area contributed by atoms with Gasteiger partial charge in [-0.3, -0.25) is 9.20 Å². The zero-order chi connectivity index (χ0) is 20.4. The lowest BCUT2D eigenvalue weighted by Crippen LogP contribution is -2.15.